The summed E-state index contributed by atoms with van der Waals surface area (Å²) in [6.45, 7) is 4.40. The van der Waals surface area contributed by atoms with Crippen molar-refractivity contribution >= 4 is 0 Å². The van der Waals surface area contributed by atoms with E-state index < -0.39 is 0 Å². The second-order valence-electron chi connectivity index (χ2n) is 6.27. The molecule has 0 bridgehead atoms. The van der Waals surface area contributed by atoms with E-state index in [4.69, 9.17) is 10.3 Å². The van der Waals surface area contributed by atoms with Crippen LogP contribution in [0.5, 0.6) is 0 Å². The Balaban J connectivity index is 2.10. The molecule has 114 valence electrons. The first-order valence-electron chi connectivity index (χ1n) is 8.32. The van der Waals surface area contributed by atoms with Crippen molar-refractivity contribution in [3.8, 4) is 0 Å². The predicted molar refractivity (Wildman–Crippen MR) is 80.4 cm³/mol. The fourth-order valence-electron chi connectivity index (χ4n) is 3.14. The summed E-state index contributed by atoms with van der Waals surface area (Å²) in [5.74, 6) is 1.93. The quantitative estimate of drug-likeness (QED) is 0.790. The second-order valence-corrected chi connectivity index (χ2v) is 6.27. The zero-order chi connectivity index (χ0) is 14.4. The molecule has 1 fully saturated rings. The number of unbranched alkanes of at least 4 members (excludes halogenated alkanes) is 1. The molecule has 1 aromatic heterocycles. The molecular formula is C16H29N3O. The van der Waals surface area contributed by atoms with E-state index in [0.29, 0.717) is 5.92 Å². The Morgan fingerprint density at radius 2 is 1.90 bits per heavy atom. The summed E-state index contributed by atoms with van der Waals surface area (Å²) in [5.41, 5.74) is 6.19. The molecule has 20 heavy (non-hydrogen) atoms. The number of hydrogen-bond donors (Lipinski definition) is 1. The lowest BCUT2D eigenvalue weighted by Crippen LogP contribution is -2.37. The third kappa shape index (κ3) is 3.60. The van der Waals surface area contributed by atoms with Gasteiger partial charge in [0.2, 0.25) is 5.89 Å². The summed E-state index contributed by atoms with van der Waals surface area (Å²) < 4.78 is 5.53. The first kappa shape index (κ1) is 15.5. The molecule has 2 rings (SSSR count). The summed E-state index contributed by atoms with van der Waals surface area (Å²) in [4.78, 5) is 4.67. The predicted octanol–water partition coefficient (Wildman–Crippen LogP) is 4.26. The van der Waals surface area contributed by atoms with E-state index in [1.807, 2.05) is 0 Å². The highest BCUT2D eigenvalue weighted by molar-refractivity contribution is 5.06. The molecule has 1 heterocycles. The number of nitrogens with two attached hydrogens (primary N) is 1. The van der Waals surface area contributed by atoms with E-state index >= 15 is 0 Å². The molecule has 0 aliphatic heterocycles. The lowest BCUT2D eigenvalue weighted by molar-refractivity contribution is 0.311. The van der Waals surface area contributed by atoms with Gasteiger partial charge in [0.1, 0.15) is 0 Å². The van der Waals surface area contributed by atoms with Crippen LogP contribution in [0.2, 0.25) is 0 Å². The van der Waals surface area contributed by atoms with E-state index in [9.17, 15) is 0 Å². The summed E-state index contributed by atoms with van der Waals surface area (Å²) in [6, 6.07) is 0. The summed E-state index contributed by atoms with van der Waals surface area (Å²) in [5, 5.41) is 4.22. The lowest BCUT2D eigenvalue weighted by atomic mass is 9.90. The fourth-order valence-corrected chi connectivity index (χ4v) is 3.14. The van der Waals surface area contributed by atoms with Gasteiger partial charge in [-0.15, -0.1) is 0 Å². The summed E-state index contributed by atoms with van der Waals surface area (Å²) in [7, 11) is 0. The maximum absolute atomic E-state index is 6.55. The van der Waals surface area contributed by atoms with Gasteiger partial charge in [0.05, 0.1) is 5.54 Å². The summed E-state index contributed by atoms with van der Waals surface area (Å²) in [6.07, 6.45) is 11.5. The number of nitrogens with zero attached hydrogens (tertiary/aromatic N) is 2. The van der Waals surface area contributed by atoms with E-state index in [0.717, 1.165) is 37.4 Å². The van der Waals surface area contributed by atoms with Crippen molar-refractivity contribution < 1.29 is 4.52 Å². The minimum atomic E-state index is -0.360. The molecule has 0 radical (unpaired) electrons. The Labute approximate surface area is 122 Å². The standard InChI is InChI=1S/C16H29N3O/c1-3-5-10-13(4-2)14-18-15(19-20-14)16(17)11-8-6-7-9-12-16/h13H,3-12,17H2,1-2H3. The SMILES string of the molecule is CCCCC(CC)c1nc(C2(N)CCCCCC2)no1. The molecule has 1 aliphatic carbocycles. The first-order chi connectivity index (χ1) is 9.69. The van der Waals surface area contributed by atoms with Gasteiger partial charge in [-0.05, 0) is 25.7 Å². The van der Waals surface area contributed by atoms with Crippen molar-refractivity contribution in [1.82, 2.24) is 10.1 Å². The van der Waals surface area contributed by atoms with Gasteiger partial charge in [-0.2, -0.15) is 4.98 Å². The molecular weight excluding hydrogens is 250 g/mol. The van der Waals surface area contributed by atoms with Crippen LogP contribution >= 0.6 is 0 Å². The summed E-state index contributed by atoms with van der Waals surface area (Å²) >= 11 is 0. The molecule has 2 N–H and O–H groups in total. The van der Waals surface area contributed by atoms with E-state index in [-0.39, 0.29) is 5.54 Å². The zero-order valence-electron chi connectivity index (χ0n) is 13.0. The average Bonchev–Trinajstić information content (AvgIpc) is 2.84. The Hall–Kier alpha value is -0.900. The van der Waals surface area contributed by atoms with Gasteiger partial charge in [0, 0.05) is 5.92 Å². The number of hydrogen-bond acceptors (Lipinski definition) is 4. The van der Waals surface area contributed by atoms with Crippen LogP contribution in [0.1, 0.15) is 95.7 Å². The highest BCUT2D eigenvalue weighted by atomic mass is 16.5. The smallest absolute Gasteiger partial charge is 0.229 e. The fraction of sp³-hybridized carbons (Fsp3) is 0.875. The minimum Gasteiger partial charge on any atom is -0.339 e. The molecule has 1 saturated carbocycles. The van der Waals surface area contributed by atoms with Crippen LogP contribution in [0.25, 0.3) is 0 Å². The van der Waals surface area contributed by atoms with Crippen molar-refractivity contribution in [2.75, 3.05) is 0 Å². The molecule has 0 amide bonds. The van der Waals surface area contributed by atoms with Gasteiger partial charge < -0.3 is 10.3 Å². The van der Waals surface area contributed by atoms with Crippen molar-refractivity contribution in [2.45, 2.75) is 89.5 Å². The molecule has 0 aromatic carbocycles. The van der Waals surface area contributed by atoms with Crippen molar-refractivity contribution in [1.29, 1.82) is 0 Å². The number of rotatable bonds is 6. The van der Waals surface area contributed by atoms with Gasteiger partial charge in [-0.1, -0.05) is 57.5 Å². The van der Waals surface area contributed by atoms with Crippen LogP contribution in [-0.4, -0.2) is 10.1 Å². The van der Waals surface area contributed by atoms with Gasteiger partial charge in [-0.3, -0.25) is 0 Å². The second kappa shape index (κ2) is 7.21. The molecule has 0 spiro atoms. The number of aromatic nitrogens is 2. The van der Waals surface area contributed by atoms with E-state index in [2.05, 4.69) is 24.0 Å². The third-order valence-electron chi connectivity index (χ3n) is 4.63. The van der Waals surface area contributed by atoms with Gasteiger partial charge in [0.15, 0.2) is 5.82 Å². The Bertz CT molecular complexity index is 394. The van der Waals surface area contributed by atoms with Crippen molar-refractivity contribution in [2.24, 2.45) is 5.73 Å². The maximum atomic E-state index is 6.55. The first-order valence-corrected chi connectivity index (χ1v) is 8.32. The van der Waals surface area contributed by atoms with Crippen LogP contribution in [0.3, 0.4) is 0 Å². The van der Waals surface area contributed by atoms with Crippen LogP contribution in [0.15, 0.2) is 4.52 Å². The minimum absolute atomic E-state index is 0.360. The van der Waals surface area contributed by atoms with Crippen molar-refractivity contribution in [3.63, 3.8) is 0 Å². The van der Waals surface area contributed by atoms with Crippen LogP contribution < -0.4 is 5.73 Å². The molecule has 1 atom stereocenters. The van der Waals surface area contributed by atoms with Crippen LogP contribution in [0, 0.1) is 0 Å². The highest BCUT2D eigenvalue weighted by Crippen LogP contribution is 2.33. The van der Waals surface area contributed by atoms with Gasteiger partial charge >= 0.3 is 0 Å². The Morgan fingerprint density at radius 3 is 2.50 bits per heavy atom. The lowest BCUT2D eigenvalue weighted by Gasteiger charge is -2.23. The third-order valence-corrected chi connectivity index (χ3v) is 4.63. The van der Waals surface area contributed by atoms with Gasteiger partial charge in [-0.25, -0.2) is 0 Å². The molecule has 1 aromatic rings. The topological polar surface area (TPSA) is 64.9 Å². The zero-order valence-corrected chi connectivity index (χ0v) is 13.0. The molecule has 0 saturated heterocycles. The molecule has 4 nitrogen and oxygen atoms in total. The van der Waals surface area contributed by atoms with E-state index in [1.54, 1.807) is 0 Å². The maximum Gasteiger partial charge on any atom is 0.229 e. The van der Waals surface area contributed by atoms with Crippen molar-refractivity contribution in [3.05, 3.63) is 11.7 Å². The monoisotopic (exact) mass is 279 g/mol. The normalized spacial score (nSPS) is 20.6. The van der Waals surface area contributed by atoms with Crippen LogP contribution in [-0.2, 0) is 5.54 Å². The molecule has 4 heteroatoms. The van der Waals surface area contributed by atoms with Crippen LogP contribution in [0.4, 0.5) is 0 Å². The van der Waals surface area contributed by atoms with Gasteiger partial charge in [0.25, 0.3) is 0 Å². The molecule has 1 unspecified atom stereocenters. The molecule has 1 aliphatic rings. The van der Waals surface area contributed by atoms with E-state index in [1.165, 1.54) is 38.5 Å². The average molecular weight is 279 g/mol. The highest BCUT2D eigenvalue weighted by Gasteiger charge is 2.34. The largest absolute Gasteiger partial charge is 0.339 e. The Morgan fingerprint density at radius 1 is 1.20 bits per heavy atom. The Kier molecular flexibility index (Phi) is 5.58.